The summed E-state index contributed by atoms with van der Waals surface area (Å²) in [5, 5.41) is 13.1. The van der Waals surface area contributed by atoms with Crippen LogP contribution >= 0.6 is 23.2 Å². The summed E-state index contributed by atoms with van der Waals surface area (Å²) in [6.07, 6.45) is 2.31. The zero-order chi connectivity index (χ0) is 27.8. The van der Waals surface area contributed by atoms with Gasteiger partial charge in [0.15, 0.2) is 11.5 Å². The summed E-state index contributed by atoms with van der Waals surface area (Å²) >= 11 is 12.2. The molecule has 1 saturated heterocycles. The SMILES string of the molecule is COc1ccc(C(=O)NCC2CCN(CC(=O)Nc3n[nH]c(N)n3)CC2)cc1OCCc1ccc(Cl)cc1Cl. The Balaban J connectivity index is 1.22. The fraction of sp³-hybridized carbons (Fsp3) is 0.385. The molecule has 4 rings (SSSR count). The van der Waals surface area contributed by atoms with Crippen molar-refractivity contribution >= 4 is 46.9 Å². The molecule has 0 unspecified atom stereocenters. The van der Waals surface area contributed by atoms with E-state index in [0.29, 0.717) is 52.6 Å². The van der Waals surface area contributed by atoms with Crippen molar-refractivity contribution in [1.82, 2.24) is 25.4 Å². The third-order valence-electron chi connectivity index (χ3n) is 6.45. The molecule has 2 aromatic carbocycles. The van der Waals surface area contributed by atoms with Crippen molar-refractivity contribution in [1.29, 1.82) is 0 Å². The lowest BCUT2D eigenvalue weighted by atomic mass is 9.96. The van der Waals surface area contributed by atoms with Crippen molar-refractivity contribution in [3.05, 3.63) is 57.6 Å². The fourth-order valence-electron chi connectivity index (χ4n) is 4.31. The second-order valence-electron chi connectivity index (χ2n) is 9.22. The monoisotopic (exact) mass is 575 g/mol. The minimum absolute atomic E-state index is 0.145. The molecule has 13 heteroatoms. The van der Waals surface area contributed by atoms with Gasteiger partial charge in [0.25, 0.3) is 5.91 Å². The predicted molar refractivity (Wildman–Crippen MR) is 150 cm³/mol. The maximum atomic E-state index is 12.9. The summed E-state index contributed by atoms with van der Waals surface area (Å²) < 4.78 is 11.3. The van der Waals surface area contributed by atoms with E-state index in [2.05, 4.69) is 30.7 Å². The predicted octanol–water partition coefficient (Wildman–Crippen LogP) is 3.40. The van der Waals surface area contributed by atoms with Crippen LogP contribution < -0.4 is 25.8 Å². The van der Waals surface area contributed by atoms with E-state index in [1.807, 2.05) is 6.07 Å². The average molecular weight is 576 g/mol. The number of halogens is 2. The highest BCUT2D eigenvalue weighted by Gasteiger charge is 2.22. The van der Waals surface area contributed by atoms with Crippen LogP contribution in [-0.2, 0) is 11.2 Å². The molecule has 0 saturated carbocycles. The number of piperidine rings is 1. The number of methoxy groups -OCH3 is 1. The molecule has 2 heterocycles. The number of rotatable bonds is 11. The third-order valence-corrected chi connectivity index (χ3v) is 7.04. The molecular weight excluding hydrogens is 545 g/mol. The normalized spacial score (nSPS) is 14.1. The summed E-state index contributed by atoms with van der Waals surface area (Å²) in [6.45, 7) is 2.65. The van der Waals surface area contributed by atoms with Gasteiger partial charge in [0.05, 0.1) is 20.3 Å². The number of anilines is 2. The first-order chi connectivity index (χ1) is 18.8. The summed E-state index contributed by atoms with van der Waals surface area (Å²) in [5.74, 6) is 1.26. The van der Waals surface area contributed by atoms with Crippen LogP contribution in [-0.4, -0.2) is 71.8 Å². The summed E-state index contributed by atoms with van der Waals surface area (Å²) in [6, 6.07) is 10.5. The largest absolute Gasteiger partial charge is 0.493 e. The van der Waals surface area contributed by atoms with Gasteiger partial charge >= 0.3 is 0 Å². The Kier molecular flexibility index (Phi) is 9.85. The summed E-state index contributed by atoms with van der Waals surface area (Å²) in [7, 11) is 1.55. The van der Waals surface area contributed by atoms with Crippen LogP contribution in [0.25, 0.3) is 0 Å². The highest BCUT2D eigenvalue weighted by atomic mass is 35.5. The van der Waals surface area contributed by atoms with E-state index >= 15 is 0 Å². The maximum Gasteiger partial charge on any atom is 0.251 e. The van der Waals surface area contributed by atoms with Crippen molar-refractivity contribution < 1.29 is 19.1 Å². The number of aromatic nitrogens is 3. The molecule has 0 spiro atoms. The van der Waals surface area contributed by atoms with Gasteiger partial charge in [-0.2, -0.15) is 4.98 Å². The Hall–Kier alpha value is -3.54. The molecule has 2 amide bonds. The molecule has 0 aliphatic carbocycles. The number of carbonyl (C=O) groups excluding carboxylic acids is 2. The number of nitrogen functional groups attached to an aromatic ring is 1. The van der Waals surface area contributed by atoms with Crippen molar-refractivity contribution in [2.45, 2.75) is 19.3 Å². The lowest BCUT2D eigenvalue weighted by Crippen LogP contribution is -2.42. The van der Waals surface area contributed by atoms with E-state index in [4.69, 9.17) is 38.4 Å². The summed E-state index contributed by atoms with van der Waals surface area (Å²) in [5.41, 5.74) is 6.87. The van der Waals surface area contributed by atoms with E-state index in [0.717, 1.165) is 31.5 Å². The van der Waals surface area contributed by atoms with Gasteiger partial charge in [-0.25, -0.2) is 5.10 Å². The van der Waals surface area contributed by atoms with Gasteiger partial charge in [0, 0.05) is 28.6 Å². The van der Waals surface area contributed by atoms with Gasteiger partial charge in [0.2, 0.25) is 17.8 Å². The molecule has 11 nitrogen and oxygen atoms in total. The highest BCUT2D eigenvalue weighted by molar-refractivity contribution is 6.35. The Bertz CT molecular complexity index is 1300. The molecule has 0 radical (unpaired) electrons. The maximum absolute atomic E-state index is 12.9. The molecule has 5 N–H and O–H groups in total. The first-order valence-corrected chi connectivity index (χ1v) is 13.3. The van der Waals surface area contributed by atoms with Crippen LogP contribution in [0, 0.1) is 5.92 Å². The Morgan fingerprint density at radius 1 is 1.15 bits per heavy atom. The number of nitrogens with one attached hydrogen (secondary N) is 3. The second-order valence-corrected chi connectivity index (χ2v) is 10.1. The van der Waals surface area contributed by atoms with Crippen LogP contribution in [0.15, 0.2) is 36.4 Å². The van der Waals surface area contributed by atoms with Crippen LogP contribution in [0.1, 0.15) is 28.8 Å². The number of nitrogens with two attached hydrogens (primary N) is 1. The van der Waals surface area contributed by atoms with Crippen molar-refractivity contribution in [2.75, 3.05) is 50.9 Å². The molecule has 1 aliphatic heterocycles. The van der Waals surface area contributed by atoms with Gasteiger partial charge in [-0.15, -0.1) is 5.10 Å². The zero-order valence-corrected chi connectivity index (χ0v) is 23.0. The average Bonchev–Trinajstić information content (AvgIpc) is 3.33. The lowest BCUT2D eigenvalue weighted by Gasteiger charge is -2.31. The number of hydrogen-bond donors (Lipinski definition) is 4. The number of aromatic amines is 1. The molecule has 0 atom stereocenters. The first-order valence-electron chi connectivity index (χ1n) is 12.5. The number of benzene rings is 2. The Morgan fingerprint density at radius 3 is 2.64 bits per heavy atom. The van der Waals surface area contributed by atoms with Gasteiger partial charge in [-0.1, -0.05) is 29.3 Å². The smallest absolute Gasteiger partial charge is 0.251 e. The molecule has 1 aliphatic rings. The number of nitrogens with zero attached hydrogens (tertiary/aromatic N) is 3. The standard InChI is InChI=1S/C26H31Cl2N7O4/c1-38-21-5-3-18(12-22(21)39-11-8-17-2-4-19(27)13-20(17)28)24(37)30-14-16-6-9-35(10-7-16)15-23(36)31-26-32-25(29)33-34-26/h2-5,12-13,16H,6-11,14-15H2,1H3,(H,30,37)(H4,29,31,32,33,34,36). The summed E-state index contributed by atoms with van der Waals surface area (Å²) in [4.78, 5) is 31.0. The minimum Gasteiger partial charge on any atom is -0.493 e. The quantitative estimate of drug-likeness (QED) is 0.272. The lowest BCUT2D eigenvalue weighted by molar-refractivity contribution is -0.117. The number of hydrogen-bond acceptors (Lipinski definition) is 8. The van der Waals surface area contributed by atoms with Crippen molar-refractivity contribution in [2.24, 2.45) is 5.92 Å². The second kappa shape index (κ2) is 13.5. The van der Waals surface area contributed by atoms with Crippen LogP contribution in [0.2, 0.25) is 10.0 Å². The molecule has 1 fully saturated rings. The van der Waals surface area contributed by atoms with Crippen molar-refractivity contribution in [3.63, 3.8) is 0 Å². The van der Waals surface area contributed by atoms with Crippen LogP contribution in [0.5, 0.6) is 11.5 Å². The molecule has 39 heavy (non-hydrogen) atoms. The number of carbonyl (C=O) groups is 2. The fourth-order valence-corrected chi connectivity index (χ4v) is 4.81. The Morgan fingerprint density at radius 2 is 1.95 bits per heavy atom. The number of H-pyrrole nitrogens is 1. The van der Waals surface area contributed by atoms with E-state index in [1.165, 1.54) is 0 Å². The van der Waals surface area contributed by atoms with E-state index in [9.17, 15) is 9.59 Å². The zero-order valence-electron chi connectivity index (χ0n) is 21.5. The van der Waals surface area contributed by atoms with E-state index < -0.39 is 0 Å². The van der Waals surface area contributed by atoms with Crippen LogP contribution in [0.3, 0.4) is 0 Å². The number of amides is 2. The highest BCUT2D eigenvalue weighted by Crippen LogP contribution is 2.29. The third kappa shape index (κ3) is 8.22. The first kappa shape index (κ1) is 28.5. The van der Waals surface area contributed by atoms with Gasteiger partial charge in [-0.05, 0) is 67.7 Å². The number of likely N-dealkylation sites (tertiary alicyclic amines) is 1. The van der Waals surface area contributed by atoms with Gasteiger partial charge < -0.3 is 20.5 Å². The number of ether oxygens (including phenoxy) is 2. The van der Waals surface area contributed by atoms with Crippen molar-refractivity contribution in [3.8, 4) is 11.5 Å². The minimum atomic E-state index is -0.199. The van der Waals surface area contributed by atoms with E-state index in [-0.39, 0.29) is 30.3 Å². The molecule has 0 bridgehead atoms. The molecule has 3 aromatic rings. The van der Waals surface area contributed by atoms with Crippen LogP contribution in [0.4, 0.5) is 11.9 Å². The molecular formula is C26H31Cl2N7O4. The molecule has 208 valence electrons. The Labute approximate surface area is 236 Å². The van der Waals surface area contributed by atoms with Gasteiger partial charge in [-0.3, -0.25) is 19.8 Å². The van der Waals surface area contributed by atoms with E-state index in [1.54, 1.807) is 37.4 Å². The van der Waals surface area contributed by atoms with Gasteiger partial charge in [0.1, 0.15) is 0 Å². The topological polar surface area (TPSA) is 147 Å². The molecule has 1 aromatic heterocycles.